The van der Waals surface area contributed by atoms with E-state index >= 15 is 0 Å². The lowest BCUT2D eigenvalue weighted by Gasteiger charge is -2.25. The normalized spacial score (nSPS) is 16.9. The summed E-state index contributed by atoms with van der Waals surface area (Å²) in [7, 11) is 0. The number of benzene rings is 2. The van der Waals surface area contributed by atoms with E-state index in [1.54, 1.807) is 4.90 Å². The number of aliphatic imine (C=N–C) groups is 2. The maximum Gasteiger partial charge on any atom is 0.259 e. The van der Waals surface area contributed by atoms with Crippen LogP contribution in [0.2, 0.25) is 0 Å². The molecule has 0 saturated heterocycles. The lowest BCUT2D eigenvalue weighted by Crippen LogP contribution is -2.41. The Morgan fingerprint density at radius 3 is 2.72 bits per heavy atom. The SMILES string of the molecule is CCCCNC(=O)CCC1N=C2c3ccccc3N=C(SCc3ccc(C)cc3)N2C1=O. The molecule has 166 valence electrons. The molecule has 2 aliphatic rings. The molecule has 2 heterocycles. The molecule has 0 aliphatic carbocycles. The third kappa shape index (κ3) is 4.93. The van der Waals surface area contributed by atoms with E-state index in [9.17, 15) is 9.59 Å². The van der Waals surface area contributed by atoms with E-state index in [2.05, 4.69) is 43.4 Å². The number of hydrogen-bond donors (Lipinski definition) is 1. The molecule has 2 aromatic rings. The molecule has 2 aliphatic heterocycles. The van der Waals surface area contributed by atoms with Crippen LogP contribution < -0.4 is 5.32 Å². The number of para-hydroxylation sites is 1. The third-order valence-corrected chi connectivity index (χ3v) is 6.54. The number of amidine groups is 2. The highest BCUT2D eigenvalue weighted by molar-refractivity contribution is 8.13. The number of carbonyl (C=O) groups excluding carboxylic acids is 2. The topological polar surface area (TPSA) is 74.1 Å². The Morgan fingerprint density at radius 1 is 1.16 bits per heavy atom. The first-order valence-electron chi connectivity index (χ1n) is 11.1. The third-order valence-electron chi connectivity index (χ3n) is 5.53. The summed E-state index contributed by atoms with van der Waals surface area (Å²) < 4.78 is 0. The van der Waals surface area contributed by atoms with Crippen LogP contribution >= 0.6 is 11.8 Å². The summed E-state index contributed by atoms with van der Waals surface area (Å²) in [5, 5.41) is 3.55. The Labute approximate surface area is 193 Å². The number of thioether (sulfide) groups is 1. The average molecular weight is 449 g/mol. The molecule has 4 rings (SSSR count). The summed E-state index contributed by atoms with van der Waals surface area (Å²) in [6, 6.07) is 15.6. The molecule has 1 unspecified atom stereocenters. The maximum absolute atomic E-state index is 13.3. The first-order chi connectivity index (χ1) is 15.6. The summed E-state index contributed by atoms with van der Waals surface area (Å²) in [6.07, 6.45) is 2.68. The Hall–Kier alpha value is -2.93. The van der Waals surface area contributed by atoms with Gasteiger partial charge in [-0.2, -0.15) is 0 Å². The van der Waals surface area contributed by atoms with Crippen molar-refractivity contribution in [3.8, 4) is 0 Å². The van der Waals surface area contributed by atoms with Crippen LogP contribution in [-0.2, 0) is 15.3 Å². The molecule has 32 heavy (non-hydrogen) atoms. The quantitative estimate of drug-likeness (QED) is 0.601. The van der Waals surface area contributed by atoms with Crippen molar-refractivity contribution in [2.75, 3.05) is 6.54 Å². The predicted molar refractivity (Wildman–Crippen MR) is 130 cm³/mol. The van der Waals surface area contributed by atoms with Crippen molar-refractivity contribution >= 4 is 40.3 Å². The second kappa shape index (κ2) is 10.1. The van der Waals surface area contributed by atoms with Crippen LogP contribution in [0.4, 0.5) is 5.69 Å². The van der Waals surface area contributed by atoms with Crippen molar-refractivity contribution in [1.82, 2.24) is 10.2 Å². The van der Waals surface area contributed by atoms with Crippen LogP contribution in [0.15, 0.2) is 58.5 Å². The van der Waals surface area contributed by atoms with Crippen molar-refractivity contribution in [3.63, 3.8) is 0 Å². The number of hydrogen-bond acceptors (Lipinski definition) is 5. The highest BCUT2D eigenvalue weighted by Crippen LogP contribution is 2.35. The van der Waals surface area contributed by atoms with Gasteiger partial charge >= 0.3 is 0 Å². The van der Waals surface area contributed by atoms with Crippen LogP contribution in [0.3, 0.4) is 0 Å². The first kappa shape index (κ1) is 22.3. The second-order valence-electron chi connectivity index (χ2n) is 8.07. The molecule has 7 heteroatoms. The van der Waals surface area contributed by atoms with Crippen molar-refractivity contribution in [2.45, 2.75) is 51.3 Å². The predicted octanol–water partition coefficient (Wildman–Crippen LogP) is 4.58. The molecule has 0 fully saturated rings. The highest BCUT2D eigenvalue weighted by atomic mass is 32.2. The Morgan fingerprint density at radius 2 is 1.94 bits per heavy atom. The minimum absolute atomic E-state index is 0.0284. The highest BCUT2D eigenvalue weighted by Gasteiger charge is 2.41. The zero-order chi connectivity index (χ0) is 22.5. The van der Waals surface area contributed by atoms with Crippen LogP contribution in [0.1, 0.15) is 49.3 Å². The number of carbonyl (C=O) groups is 2. The largest absolute Gasteiger partial charge is 0.356 e. The fourth-order valence-corrected chi connectivity index (χ4v) is 4.64. The van der Waals surface area contributed by atoms with Crippen LogP contribution in [0.25, 0.3) is 0 Å². The number of amides is 2. The number of aryl methyl sites for hydroxylation is 1. The number of nitrogens with zero attached hydrogens (tertiary/aromatic N) is 3. The minimum atomic E-state index is -0.557. The zero-order valence-corrected chi connectivity index (χ0v) is 19.3. The van der Waals surface area contributed by atoms with Gasteiger partial charge in [0.05, 0.1) is 5.69 Å². The molecule has 2 amide bonds. The van der Waals surface area contributed by atoms with Crippen LogP contribution in [0.5, 0.6) is 0 Å². The molecular weight excluding hydrogens is 420 g/mol. The molecule has 1 atom stereocenters. The standard InChI is InChI=1S/C25H28N4O2S/c1-3-4-15-26-22(30)14-13-21-24(31)29-23(27-21)19-7-5-6-8-20(19)28-25(29)32-16-18-11-9-17(2)10-12-18/h5-12,21H,3-4,13-16H2,1-2H3,(H,26,30). The fraction of sp³-hybridized carbons (Fsp3) is 0.360. The molecule has 0 spiro atoms. The summed E-state index contributed by atoms with van der Waals surface area (Å²) in [4.78, 5) is 36.6. The van der Waals surface area contributed by atoms with Gasteiger partial charge in [-0.3, -0.25) is 14.6 Å². The van der Waals surface area contributed by atoms with Gasteiger partial charge in [0.25, 0.3) is 5.91 Å². The molecule has 0 saturated carbocycles. The fourth-order valence-electron chi connectivity index (χ4n) is 3.68. The van der Waals surface area contributed by atoms with E-state index in [1.165, 1.54) is 22.9 Å². The van der Waals surface area contributed by atoms with E-state index in [1.807, 2.05) is 24.3 Å². The van der Waals surface area contributed by atoms with Gasteiger partial charge in [-0.1, -0.05) is 67.1 Å². The van der Waals surface area contributed by atoms with Gasteiger partial charge in [-0.05, 0) is 37.5 Å². The Bertz CT molecular complexity index is 1060. The molecule has 6 nitrogen and oxygen atoms in total. The Balaban J connectivity index is 1.50. The van der Waals surface area contributed by atoms with Crippen molar-refractivity contribution in [3.05, 3.63) is 65.2 Å². The first-order valence-corrected chi connectivity index (χ1v) is 12.1. The summed E-state index contributed by atoms with van der Waals surface area (Å²) in [5.41, 5.74) is 4.07. The van der Waals surface area contributed by atoms with Gasteiger partial charge < -0.3 is 5.32 Å². The van der Waals surface area contributed by atoms with Gasteiger partial charge in [0, 0.05) is 24.3 Å². The minimum Gasteiger partial charge on any atom is -0.356 e. The van der Waals surface area contributed by atoms with Gasteiger partial charge in [-0.25, -0.2) is 9.89 Å². The van der Waals surface area contributed by atoms with Gasteiger partial charge in [0.15, 0.2) is 5.17 Å². The molecule has 0 aromatic heterocycles. The van der Waals surface area contributed by atoms with Crippen LogP contribution in [-0.4, -0.2) is 40.3 Å². The van der Waals surface area contributed by atoms with E-state index in [0.717, 1.165) is 24.1 Å². The Kier molecular flexibility index (Phi) is 7.05. The second-order valence-corrected chi connectivity index (χ2v) is 9.01. The summed E-state index contributed by atoms with van der Waals surface area (Å²) in [5.74, 6) is 1.22. The molecule has 2 aromatic carbocycles. The number of fused-ring (bicyclic) bond motifs is 3. The van der Waals surface area contributed by atoms with Crippen molar-refractivity contribution in [2.24, 2.45) is 9.98 Å². The number of rotatable bonds is 8. The summed E-state index contributed by atoms with van der Waals surface area (Å²) in [6.45, 7) is 4.83. The number of unbranched alkanes of at least 4 members (excludes halogenated alkanes) is 1. The van der Waals surface area contributed by atoms with E-state index in [4.69, 9.17) is 9.98 Å². The van der Waals surface area contributed by atoms with Gasteiger partial charge in [0.1, 0.15) is 11.9 Å². The van der Waals surface area contributed by atoms with E-state index in [0.29, 0.717) is 29.7 Å². The lowest BCUT2D eigenvalue weighted by molar-refractivity contribution is -0.125. The summed E-state index contributed by atoms with van der Waals surface area (Å²) >= 11 is 1.54. The van der Waals surface area contributed by atoms with E-state index < -0.39 is 6.04 Å². The van der Waals surface area contributed by atoms with Crippen LogP contribution in [0, 0.1) is 6.92 Å². The molecule has 1 N–H and O–H groups in total. The number of nitrogens with one attached hydrogen (secondary N) is 1. The maximum atomic E-state index is 13.3. The van der Waals surface area contributed by atoms with Crippen molar-refractivity contribution in [1.29, 1.82) is 0 Å². The average Bonchev–Trinajstić information content (AvgIpc) is 3.14. The van der Waals surface area contributed by atoms with Gasteiger partial charge in [-0.15, -0.1) is 0 Å². The monoisotopic (exact) mass is 448 g/mol. The smallest absolute Gasteiger partial charge is 0.259 e. The molecular formula is C25H28N4O2S. The van der Waals surface area contributed by atoms with Crippen molar-refractivity contribution < 1.29 is 9.59 Å². The molecule has 0 bridgehead atoms. The van der Waals surface area contributed by atoms with E-state index in [-0.39, 0.29) is 18.2 Å². The molecule has 0 radical (unpaired) electrons. The zero-order valence-electron chi connectivity index (χ0n) is 18.5. The van der Waals surface area contributed by atoms with Gasteiger partial charge in [0.2, 0.25) is 5.91 Å². The lowest BCUT2D eigenvalue weighted by atomic mass is 10.1.